The van der Waals surface area contributed by atoms with Crippen LogP contribution in [0.4, 0.5) is 0 Å². The zero-order valence-electron chi connectivity index (χ0n) is 8.79. The van der Waals surface area contributed by atoms with Crippen molar-refractivity contribution in [2.45, 2.75) is 33.6 Å². The van der Waals surface area contributed by atoms with E-state index in [4.69, 9.17) is 0 Å². The third kappa shape index (κ3) is 3.57. The number of hydrogen-bond donors (Lipinski definition) is 0. The van der Waals surface area contributed by atoms with E-state index in [1.165, 1.54) is 7.11 Å². The molecule has 0 fully saturated rings. The van der Waals surface area contributed by atoms with Crippen molar-refractivity contribution in [1.82, 2.24) is 0 Å². The Labute approximate surface area is 79.5 Å². The quantitative estimate of drug-likeness (QED) is 0.615. The summed E-state index contributed by atoms with van der Waals surface area (Å²) in [5.74, 6) is -0.728. The van der Waals surface area contributed by atoms with Crippen LogP contribution in [0.2, 0.25) is 0 Å². The van der Waals surface area contributed by atoms with Crippen LogP contribution in [-0.2, 0) is 14.3 Å². The molecule has 0 aromatic rings. The maximum Gasteiger partial charge on any atom is 0.309 e. The lowest BCUT2D eigenvalue weighted by Gasteiger charge is -2.15. The second-order valence-electron chi connectivity index (χ2n) is 3.32. The first-order chi connectivity index (χ1) is 6.04. The van der Waals surface area contributed by atoms with Gasteiger partial charge in [-0.15, -0.1) is 0 Å². The average Bonchev–Trinajstić information content (AvgIpc) is 2.14. The number of Topliss-reactive ketones (excluding diaryl/α,β-unsaturated/α-hetero) is 1. The summed E-state index contributed by atoms with van der Waals surface area (Å²) in [6.07, 6.45) is 1.37. The molecule has 3 heteroatoms. The van der Waals surface area contributed by atoms with E-state index in [1.54, 1.807) is 13.8 Å². The van der Waals surface area contributed by atoms with Crippen LogP contribution in [0.5, 0.6) is 0 Å². The van der Waals surface area contributed by atoms with Crippen LogP contribution < -0.4 is 0 Å². The Morgan fingerprint density at radius 3 is 2.15 bits per heavy atom. The maximum absolute atomic E-state index is 11.4. The molecule has 0 saturated carbocycles. The maximum atomic E-state index is 11.4. The molecule has 3 nitrogen and oxygen atoms in total. The zero-order chi connectivity index (χ0) is 10.4. The summed E-state index contributed by atoms with van der Waals surface area (Å²) in [4.78, 5) is 22.5. The predicted molar refractivity (Wildman–Crippen MR) is 50.3 cm³/mol. The first-order valence-corrected chi connectivity index (χ1v) is 4.65. The van der Waals surface area contributed by atoms with E-state index in [1.807, 2.05) is 6.92 Å². The average molecular weight is 186 g/mol. The molecule has 0 N–H and O–H groups in total. The molecule has 0 rings (SSSR count). The molecule has 0 aromatic carbocycles. The van der Waals surface area contributed by atoms with E-state index in [2.05, 4.69) is 4.74 Å². The largest absolute Gasteiger partial charge is 0.469 e. The summed E-state index contributed by atoms with van der Waals surface area (Å²) in [6, 6.07) is 0. The fourth-order valence-electron chi connectivity index (χ4n) is 1.14. The fourth-order valence-corrected chi connectivity index (χ4v) is 1.14. The first-order valence-electron chi connectivity index (χ1n) is 4.65. The summed E-state index contributed by atoms with van der Waals surface area (Å²) in [5, 5.41) is 0. The summed E-state index contributed by atoms with van der Waals surface area (Å²) in [7, 11) is 1.34. The normalized spacial score (nSPS) is 14.8. The van der Waals surface area contributed by atoms with Crippen molar-refractivity contribution in [3.8, 4) is 0 Å². The van der Waals surface area contributed by atoms with Gasteiger partial charge >= 0.3 is 5.97 Å². The zero-order valence-corrected chi connectivity index (χ0v) is 8.79. The highest BCUT2D eigenvalue weighted by molar-refractivity contribution is 5.86. The number of carbonyl (C=O) groups is 2. The second-order valence-corrected chi connectivity index (χ2v) is 3.32. The lowest BCUT2D eigenvalue weighted by Crippen LogP contribution is -2.26. The van der Waals surface area contributed by atoms with E-state index in [9.17, 15) is 9.59 Å². The Kier molecular flexibility index (Phi) is 5.35. The molecule has 0 saturated heterocycles. The Morgan fingerprint density at radius 2 is 1.77 bits per heavy atom. The molecule has 0 aromatic heterocycles. The number of ketones is 1. The summed E-state index contributed by atoms with van der Waals surface area (Å²) >= 11 is 0. The van der Waals surface area contributed by atoms with Gasteiger partial charge in [0.05, 0.1) is 13.0 Å². The molecule has 0 radical (unpaired) electrons. The molecular formula is C10H18O3. The molecule has 0 bridgehead atoms. The topological polar surface area (TPSA) is 43.4 Å². The van der Waals surface area contributed by atoms with Gasteiger partial charge < -0.3 is 4.74 Å². The molecule has 2 atom stereocenters. The van der Waals surface area contributed by atoms with E-state index < -0.39 is 0 Å². The van der Waals surface area contributed by atoms with Gasteiger partial charge in [0.1, 0.15) is 5.78 Å². The van der Waals surface area contributed by atoms with Gasteiger partial charge in [-0.2, -0.15) is 0 Å². The summed E-state index contributed by atoms with van der Waals surface area (Å²) < 4.78 is 4.57. The van der Waals surface area contributed by atoms with E-state index in [-0.39, 0.29) is 23.6 Å². The Bertz CT molecular complexity index is 187. The number of rotatable bonds is 5. The minimum absolute atomic E-state index is 0.139. The highest BCUT2D eigenvalue weighted by Crippen LogP contribution is 2.15. The fraction of sp³-hybridized carbons (Fsp3) is 0.800. The molecule has 13 heavy (non-hydrogen) atoms. The Hall–Kier alpha value is -0.860. The second kappa shape index (κ2) is 5.73. The number of carbonyl (C=O) groups excluding carboxylic acids is 2. The van der Waals surface area contributed by atoms with Crippen LogP contribution >= 0.6 is 0 Å². The monoisotopic (exact) mass is 186 g/mol. The lowest BCUT2D eigenvalue weighted by molar-refractivity contribution is -0.148. The van der Waals surface area contributed by atoms with Crippen LogP contribution in [0.3, 0.4) is 0 Å². The van der Waals surface area contributed by atoms with Gasteiger partial charge in [0, 0.05) is 12.3 Å². The van der Waals surface area contributed by atoms with Gasteiger partial charge in [0.25, 0.3) is 0 Å². The van der Waals surface area contributed by atoms with Gasteiger partial charge in [-0.3, -0.25) is 9.59 Å². The summed E-state index contributed by atoms with van der Waals surface area (Å²) in [6.45, 7) is 5.46. The smallest absolute Gasteiger partial charge is 0.309 e. The summed E-state index contributed by atoms with van der Waals surface area (Å²) in [5.41, 5.74) is 0. The molecule has 0 heterocycles. The van der Waals surface area contributed by atoms with Gasteiger partial charge in [-0.1, -0.05) is 20.8 Å². The highest BCUT2D eigenvalue weighted by atomic mass is 16.5. The van der Waals surface area contributed by atoms with Crippen molar-refractivity contribution in [3.63, 3.8) is 0 Å². The van der Waals surface area contributed by atoms with E-state index in [0.717, 1.165) is 6.42 Å². The number of hydrogen-bond acceptors (Lipinski definition) is 3. The van der Waals surface area contributed by atoms with Gasteiger partial charge in [-0.05, 0) is 6.42 Å². The van der Waals surface area contributed by atoms with Gasteiger partial charge in [0.2, 0.25) is 0 Å². The van der Waals surface area contributed by atoms with Crippen molar-refractivity contribution in [1.29, 1.82) is 0 Å². The van der Waals surface area contributed by atoms with Gasteiger partial charge in [0.15, 0.2) is 0 Å². The highest BCUT2D eigenvalue weighted by Gasteiger charge is 2.25. The third-order valence-corrected chi connectivity index (χ3v) is 2.33. The van der Waals surface area contributed by atoms with Crippen LogP contribution in [0.15, 0.2) is 0 Å². The molecule has 0 aliphatic heterocycles. The number of methoxy groups -OCH3 is 1. The van der Waals surface area contributed by atoms with Gasteiger partial charge in [-0.25, -0.2) is 0 Å². The molecule has 0 spiro atoms. The Morgan fingerprint density at radius 1 is 1.23 bits per heavy atom. The van der Waals surface area contributed by atoms with Crippen molar-refractivity contribution in [2.75, 3.05) is 7.11 Å². The van der Waals surface area contributed by atoms with E-state index in [0.29, 0.717) is 6.42 Å². The molecule has 0 aliphatic rings. The van der Waals surface area contributed by atoms with Crippen molar-refractivity contribution in [3.05, 3.63) is 0 Å². The standard InChI is InChI=1S/C10H18O3/c1-5-6-9(11)7(2)8(3)10(12)13-4/h7-8H,5-6H2,1-4H3. The van der Waals surface area contributed by atoms with Crippen molar-refractivity contribution >= 4 is 11.8 Å². The lowest BCUT2D eigenvalue weighted by atomic mass is 9.90. The molecule has 76 valence electrons. The molecule has 0 aliphatic carbocycles. The molecule has 0 amide bonds. The van der Waals surface area contributed by atoms with Crippen molar-refractivity contribution in [2.24, 2.45) is 11.8 Å². The number of esters is 1. The van der Waals surface area contributed by atoms with Crippen molar-refractivity contribution < 1.29 is 14.3 Å². The predicted octanol–water partition coefficient (Wildman–Crippen LogP) is 1.80. The van der Waals surface area contributed by atoms with Crippen LogP contribution in [0.1, 0.15) is 33.6 Å². The first kappa shape index (κ1) is 12.1. The third-order valence-electron chi connectivity index (χ3n) is 2.33. The van der Waals surface area contributed by atoms with Crippen LogP contribution in [-0.4, -0.2) is 18.9 Å². The van der Waals surface area contributed by atoms with Crippen LogP contribution in [0.25, 0.3) is 0 Å². The number of ether oxygens (including phenoxy) is 1. The molecular weight excluding hydrogens is 168 g/mol. The SMILES string of the molecule is CCCC(=O)C(C)C(C)C(=O)OC. The van der Waals surface area contributed by atoms with Crippen LogP contribution in [0, 0.1) is 11.8 Å². The minimum atomic E-state index is -0.330. The molecule has 2 unspecified atom stereocenters. The Balaban J connectivity index is 4.16. The van der Waals surface area contributed by atoms with E-state index >= 15 is 0 Å². The minimum Gasteiger partial charge on any atom is -0.469 e.